The Morgan fingerprint density at radius 2 is 2.05 bits per heavy atom. The quantitative estimate of drug-likeness (QED) is 0.394. The van der Waals surface area contributed by atoms with Crippen molar-refractivity contribution in [2.24, 2.45) is 10.9 Å². The van der Waals surface area contributed by atoms with Crippen molar-refractivity contribution in [3.63, 3.8) is 0 Å². The van der Waals surface area contributed by atoms with Gasteiger partial charge in [-0.25, -0.2) is 0 Å². The molecule has 0 saturated heterocycles. The van der Waals surface area contributed by atoms with Gasteiger partial charge in [0.15, 0.2) is 5.84 Å². The van der Waals surface area contributed by atoms with Gasteiger partial charge in [0.25, 0.3) is 5.56 Å². The van der Waals surface area contributed by atoms with E-state index in [1.54, 1.807) is 31.2 Å². The number of aryl methyl sites for hydroxylation is 1. The summed E-state index contributed by atoms with van der Waals surface area (Å²) < 4.78 is 1.49. The molecule has 2 rings (SSSR count). The minimum absolute atomic E-state index is 0.126. The third-order valence-electron chi connectivity index (χ3n) is 3.11. The Kier molecular flexibility index (Phi) is 4.55. The average Bonchev–Trinajstić information content (AvgIpc) is 2.46. The predicted molar refractivity (Wildman–Crippen MR) is 83.5 cm³/mol. The number of nitrogens with two attached hydrogens (primary N) is 1. The molecular weight excluding hydrogens is 313 g/mol. The fourth-order valence-corrected chi connectivity index (χ4v) is 2.32. The van der Waals surface area contributed by atoms with E-state index in [9.17, 15) is 4.79 Å². The maximum absolute atomic E-state index is 12.4. The molecule has 7 heteroatoms. The fraction of sp³-hybridized carbons (Fsp3) is 0.143. The molecule has 0 aliphatic heterocycles. The van der Waals surface area contributed by atoms with Crippen molar-refractivity contribution in [2.45, 2.75) is 13.5 Å². The van der Waals surface area contributed by atoms with Gasteiger partial charge in [0.05, 0.1) is 12.1 Å². The smallest absolute Gasteiger partial charge is 0.262 e. The van der Waals surface area contributed by atoms with Crippen molar-refractivity contribution in [3.8, 4) is 0 Å². The van der Waals surface area contributed by atoms with Crippen molar-refractivity contribution in [3.05, 3.63) is 67.6 Å². The van der Waals surface area contributed by atoms with Gasteiger partial charge in [-0.05, 0) is 42.8 Å². The zero-order valence-corrected chi connectivity index (χ0v) is 12.7. The van der Waals surface area contributed by atoms with Crippen LogP contribution in [0.25, 0.3) is 0 Å². The number of aromatic nitrogens is 1. The molecule has 0 bridgehead atoms. The maximum Gasteiger partial charge on any atom is 0.262 e. The van der Waals surface area contributed by atoms with Crippen LogP contribution in [0.3, 0.4) is 0 Å². The van der Waals surface area contributed by atoms with Crippen LogP contribution in [-0.2, 0) is 6.54 Å². The highest BCUT2D eigenvalue weighted by Gasteiger charge is 2.12. The summed E-state index contributed by atoms with van der Waals surface area (Å²) in [5.41, 5.74) is 6.71. The molecule has 1 aromatic carbocycles. The van der Waals surface area contributed by atoms with E-state index in [4.69, 9.17) is 34.1 Å². The Bertz CT molecular complexity index is 769. The zero-order chi connectivity index (χ0) is 15.6. The molecule has 0 fully saturated rings. The van der Waals surface area contributed by atoms with Gasteiger partial charge in [-0.3, -0.25) is 4.79 Å². The van der Waals surface area contributed by atoms with Crippen molar-refractivity contribution in [1.29, 1.82) is 0 Å². The van der Waals surface area contributed by atoms with Crippen LogP contribution in [0, 0.1) is 6.92 Å². The molecule has 0 radical (unpaired) electrons. The van der Waals surface area contributed by atoms with Crippen molar-refractivity contribution in [2.75, 3.05) is 0 Å². The van der Waals surface area contributed by atoms with Crippen LogP contribution < -0.4 is 11.3 Å². The molecule has 1 heterocycles. The van der Waals surface area contributed by atoms with Crippen molar-refractivity contribution >= 4 is 29.0 Å². The molecule has 5 nitrogen and oxygen atoms in total. The topological polar surface area (TPSA) is 80.6 Å². The summed E-state index contributed by atoms with van der Waals surface area (Å²) in [5, 5.41) is 12.6. The molecule has 3 N–H and O–H groups in total. The van der Waals surface area contributed by atoms with Gasteiger partial charge in [-0.15, -0.1) is 0 Å². The first-order chi connectivity index (χ1) is 9.93. The highest BCUT2D eigenvalue weighted by Crippen LogP contribution is 2.21. The summed E-state index contributed by atoms with van der Waals surface area (Å²) >= 11 is 12.1. The summed E-state index contributed by atoms with van der Waals surface area (Å²) in [4.78, 5) is 12.4. The number of nitrogens with zero attached hydrogens (tertiary/aromatic N) is 2. The molecule has 110 valence electrons. The second-order valence-electron chi connectivity index (χ2n) is 4.50. The summed E-state index contributed by atoms with van der Waals surface area (Å²) in [6.45, 7) is 2.03. The second kappa shape index (κ2) is 6.20. The maximum atomic E-state index is 12.4. The minimum atomic E-state index is -0.360. The predicted octanol–water partition coefficient (Wildman–Crippen LogP) is 2.61. The van der Waals surface area contributed by atoms with E-state index in [1.807, 2.05) is 0 Å². The average molecular weight is 326 g/mol. The van der Waals surface area contributed by atoms with Crippen LogP contribution in [0.5, 0.6) is 0 Å². The van der Waals surface area contributed by atoms with E-state index in [1.165, 1.54) is 10.6 Å². The normalized spacial score (nSPS) is 11.7. The zero-order valence-electron chi connectivity index (χ0n) is 11.2. The van der Waals surface area contributed by atoms with E-state index in [2.05, 4.69) is 5.16 Å². The lowest BCUT2D eigenvalue weighted by molar-refractivity contribution is 0.318. The van der Waals surface area contributed by atoms with E-state index in [-0.39, 0.29) is 23.5 Å². The SMILES string of the molecule is Cc1ccc(/C(N)=N/O)c(=O)n1Cc1cc(Cl)ccc1Cl. The highest BCUT2D eigenvalue weighted by molar-refractivity contribution is 6.33. The lowest BCUT2D eigenvalue weighted by Gasteiger charge is -2.13. The van der Waals surface area contributed by atoms with Gasteiger partial charge in [0.1, 0.15) is 0 Å². The third kappa shape index (κ3) is 3.20. The molecule has 2 aromatic rings. The van der Waals surface area contributed by atoms with E-state index >= 15 is 0 Å². The van der Waals surface area contributed by atoms with Gasteiger partial charge in [-0.1, -0.05) is 28.4 Å². The number of halogens is 2. The molecule has 0 aliphatic carbocycles. The fourth-order valence-electron chi connectivity index (χ4n) is 1.95. The molecule has 0 spiro atoms. The minimum Gasteiger partial charge on any atom is -0.409 e. The Hall–Kier alpha value is -1.98. The highest BCUT2D eigenvalue weighted by atomic mass is 35.5. The van der Waals surface area contributed by atoms with E-state index < -0.39 is 0 Å². The molecule has 0 saturated carbocycles. The lowest BCUT2D eigenvalue weighted by Crippen LogP contribution is -2.31. The van der Waals surface area contributed by atoms with Crippen LogP contribution in [0.15, 0.2) is 40.3 Å². The van der Waals surface area contributed by atoms with E-state index in [0.717, 1.165) is 5.69 Å². The number of rotatable bonds is 3. The standard InChI is InChI=1S/C14H13Cl2N3O2/c1-8-2-4-11(13(17)18-21)14(20)19(8)7-9-6-10(15)3-5-12(9)16/h2-6,21H,7H2,1H3,(H2,17,18). The number of oxime groups is 1. The Morgan fingerprint density at radius 1 is 1.33 bits per heavy atom. The first-order valence-corrected chi connectivity index (χ1v) is 6.82. The lowest BCUT2D eigenvalue weighted by atomic mass is 10.2. The second-order valence-corrected chi connectivity index (χ2v) is 5.34. The molecule has 0 atom stereocenters. The van der Waals surface area contributed by atoms with Crippen LogP contribution in [0.4, 0.5) is 0 Å². The van der Waals surface area contributed by atoms with Gasteiger partial charge in [0, 0.05) is 15.7 Å². The summed E-state index contributed by atoms with van der Waals surface area (Å²) in [6.07, 6.45) is 0. The molecule has 0 amide bonds. The number of pyridine rings is 1. The van der Waals surface area contributed by atoms with Crippen LogP contribution >= 0.6 is 23.2 Å². The van der Waals surface area contributed by atoms with Crippen LogP contribution in [-0.4, -0.2) is 15.6 Å². The molecule has 0 aliphatic rings. The Balaban J connectivity index is 2.54. The number of benzene rings is 1. The van der Waals surface area contributed by atoms with E-state index in [0.29, 0.717) is 15.6 Å². The summed E-state index contributed by atoms with van der Waals surface area (Å²) in [5.74, 6) is -0.231. The number of hydrogen-bond acceptors (Lipinski definition) is 3. The Labute approximate surface area is 131 Å². The van der Waals surface area contributed by atoms with Gasteiger partial charge >= 0.3 is 0 Å². The first-order valence-electron chi connectivity index (χ1n) is 6.06. The number of amidine groups is 1. The summed E-state index contributed by atoms with van der Waals surface area (Å²) in [6, 6.07) is 8.28. The van der Waals surface area contributed by atoms with Gasteiger partial charge < -0.3 is 15.5 Å². The molecule has 21 heavy (non-hydrogen) atoms. The van der Waals surface area contributed by atoms with Gasteiger partial charge in [0.2, 0.25) is 0 Å². The van der Waals surface area contributed by atoms with Crippen molar-refractivity contribution < 1.29 is 5.21 Å². The van der Waals surface area contributed by atoms with Gasteiger partial charge in [-0.2, -0.15) is 0 Å². The summed E-state index contributed by atoms with van der Waals surface area (Å²) in [7, 11) is 0. The van der Waals surface area contributed by atoms with Crippen LogP contribution in [0.2, 0.25) is 10.0 Å². The molecule has 0 unspecified atom stereocenters. The number of hydrogen-bond donors (Lipinski definition) is 2. The third-order valence-corrected chi connectivity index (χ3v) is 3.72. The monoisotopic (exact) mass is 325 g/mol. The van der Waals surface area contributed by atoms with Crippen LogP contribution in [0.1, 0.15) is 16.8 Å². The largest absolute Gasteiger partial charge is 0.409 e. The molecule has 1 aromatic heterocycles. The Morgan fingerprint density at radius 3 is 2.71 bits per heavy atom. The molecular formula is C14H13Cl2N3O2. The van der Waals surface area contributed by atoms with Crippen molar-refractivity contribution in [1.82, 2.24) is 4.57 Å². The first kappa shape index (κ1) is 15.4.